The number of hydrogen-bond donors (Lipinski definition) is 1. The standard InChI is InChI=1S/C17H21FN4O/c1-21(12-13-5-2-3-7-15(13)18)17(23)16-8-10-22(20-16)14-6-4-9-19-11-14/h2-3,5,7-8,10,14,19H,4,6,9,11-12H2,1H3. The molecule has 2 aromatic rings. The van der Waals surface area contributed by atoms with Crippen molar-refractivity contribution in [3.05, 3.63) is 53.6 Å². The number of hydrogen-bond acceptors (Lipinski definition) is 3. The molecule has 1 aliphatic rings. The van der Waals surface area contributed by atoms with E-state index in [0.29, 0.717) is 17.3 Å². The fraction of sp³-hybridized carbons (Fsp3) is 0.412. The summed E-state index contributed by atoms with van der Waals surface area (Å²) < 4.78 is 15.6. The molecule has 0 radical (unpaired) electrons. The Hall–Kier alpha value is -2.21. The monoisotopic (exact) mass is 316 g/mol. The molecule has 1 unspecified atom stereocenters. The first-order valence-electron chi connectivity index (χ1n) is 7.90. The summed E-state index contributed by atoms with van der Waals surface area (Å²) in [6.45, 7) is 2.14. The zero-order valence-electron chi connectivity index (χ0n) is 13.2. The smallest absolute Gasteiger partial charge is 0.274 e. The third-order valence-electron chi connectivity index (χ3n) is 4.18. The molecule has 1 N–H and O–H groups in total. The van der Waals surface area contributed by atoms with Crippen molar-refractivity contribution in [3.63, 3.8) is 0 Å². The van der Waals surface area contributed by atoms with Gasteiger partial charge in [-0.25, -0.2) is 4.39 Å². The van der Waals surface area contributed by atoms with Gasteiger partial charge >= 0.3 is 0 Å². The summed E-state index contributed by atoms with van der Waals surface area (Å²) >= 11 is 0. The van der Waals surface area contributed by atoms with E-state index in [-0.39, 0.29) is 18.3 Å². The van der Waals surface area contributed by atoms with Gasteiger partial charge in [-0.2, -0.15) is 5.10 Å². The summed E-state index contributed by atoms with van der Waals surface area (Å²) in [5, 5.41) is 7.75. The maximum Gasteiger partial charge on any atom is 0.274 e. The molecule has 3 rings (SSSR count). The largest absolute Gasteiger partial charge is 0.336 e. The Bertz CT molecular complexity index is 679. The molecule has 0 bridgehead atoms. The zero-order chi connectivity index (χ0) is 16.2. The average molecular weight is 316 g/mol. The normalized spacial score (nSPS) is 17.9. The van der Waals surface area contributed by atoms with E-state index in [1.807, 2.05) is 10.9 Å². The molecule has 1 fully saturated rings. The fourth-order valence-electron chi connectivity index (χ4n) is 2.86. The van der Waals surface area contributed by atoms with Gasteiger partial charge in [-0.3, -0.25) is 9.48 Å². The number of rotatable bonds is 4. The van der Waals surface area contributed by atoms with Crippen molar-refractivity contribution < 1.29 is 9.18 Å². The predicted molar refractivity (Wildman–Crippen MR) is 85.6 cm³/mol. The van der Waals surface area contributed by atoms with Crippen molar-refractivity contribution in [3.8, 4) is 0 Å². The number of benzene rings is 1. The molecule has 1 amide bonds. The first-order chi connectivity index (χ1) is 11.1. The molecular formula is C17H21FN4O. The minimum Gasteiger partial charge on any atom is -0.336 e. The van der Waals surface area contributed by atoms with Gasteiger partial charge in [-0.05, 0) is 31.5 Å². The van der Waals surface area contributed by atoms with Gasteiger partial charge in [-0.1, -0.05) is 18.2 Å². The second-order valence-corrected chi connectivity index (χ2v) is 5.93. The van der Waals surface area contributed by atoms with Crippen molar-refractivity contribution >= 4 is 5.91 Å². The number of carbonyl (C=O) groups excluding carboxylic acids is 1. The lowest BCUT2D eigenvalue weighted by molar-refractivity contribution is 0.0776. The van der Waals surface area contributed by atoms with Crippen LogP contribution >= 0.6 is 0 Å². The van der Waals surface area contributed by atoms with E-state index in [1.165, 1.54) is 11.0 Å². The van der Waals surface area contributed by atoms with Gasteiger partial charge < -0.3 is 10.2 Å². The third-order valence-corrected chi connectivity index (χ3v) is 4.18. The average Bonchev–Trinajstić information content (AvgIpc) is 3.07. The van der Waals surface area contributed by atoms with E-state index < -0.39 is 0 Å². The highest BCUT2D eigenvalue weighted by molar-refractivity contribution is 5.91. The number of piperidine rings is 1. The highest BCUT2D eigenvalue weighted by atomic mass is 19.1. The molecule has 2 heterocycles. The Balaban J connectivity index is 1.68. The lowest BCUT2D eigenvalue weighted by Crippen LogP contribution is -2.32. The van der Waals surface area contributed by atoms with Crippen LogP contribution in [0.15, 0.2) is 36.5 Å². The van der Waals surface area contributed by atoms with Crippen molar-refractivity contribution in [2.75, 3.05) is 20.1 Å². The van der Waals surface area contributed by atoms with E-state index in [2.05, 4.69) is 10.4 Å². The van der Waals surface area contributed by atoms with Gasteiger partial charge in [-0.15, -0.1) is 0 Å². The number of aromatic nitrogens is 2. The van der Waals surface area contributed by atoms with Crippen LogP contribution in [0, 0.1) is 5.82 Å². The lowest BCUT2D eigenvalue weighted by Gasteiger charge is -2.23. The molecule has 23 heavy (non-hydrogen) atoms. The Kier molecular flexibility index (Phi) is 4.71. The topological polar surface area (TPSA) is 50.2 Å². The summed E-state index contributed by atoms with van der Waals surface area (Å²) in [7, 11) is 1.66. The fourth-order valence-corrected chi connectivity index (χ4v) is 2.86. The Labute approximate surface area is 135 Å². The molecule has 1 atom stereocenters. The Morgan fingerprint density at radius 1 is 1.43 bits per heavy atom. The number of carbonyl (C=O) groups is 1. The van der Waals surface area contributed by atoms with Crippen LogP contribution in [-0.2, 0) is 6.54 Å². The lowest BCUT2D eigenvalue weighted by atomic mass is 10.1. The van der Waals surface area contributed by atoms with Crippen LogP contribution in [0.4, 0.5) is 4.39 Å². The van der Waals surface area contributed by atoms with Crippen molar-refractivity contribution in [2.24, 2.45) is 0 Å². The highest BCUT2D eigenvalue weighted by Crippen LogP contribution is 2.17. The SMILES string of the molecule is CN(Cc1ccccc1F)C(=O)c1ccn(C2CCCNC2)n1. The zero-order valence-corrected chi connectivity index (χ0v) is 13.2. The van der Waals surface area contributed by atoms with E-state index in [4.69, 9.17) is 0 Å². The number of nitrogens with one attached hydrogen (secondary N) is 1. The van der Waals surface area contributed by atoms with Gasteiger partial charge in [0, 0.05) is 31.9 Å². The second-order valence-electron chi connectivity index (χ2n) is 5.93. The van der Waals surface area contributed by atoms with Gasteiger partial charge in [0.05, 0.1) is 6.04 Å². The maximum absolute atomic E-state index is 13.7. The summed E-state index contributed by atoms with van der Waals surface area (Å²) in [6, 6.07) is 8.52. The van der Waals surface area contributed by atoms with Crippen LogP contribution in [0.5, 0.6) is 0 Å². The second kappa shape index (κ2) is 6.91. The molecule has 1 aliphatic heterocycles. The number of amides is 1. The van der Waals surface area contributed by atoms with E-state index in [0.717, 1.165) is 25.9 Å². The Morgan fingerprint density at radius 3 is 3.00 bits per heavy atom. The molecule has 0 spiro atoms. The molecule has 5 nitrogen and oxygen atoms in total. The van der Waals surface area contributed by atoms with Crippen molar-refractivity contribution in [1.82, 2.24) is 20.0 Å². The summed E-state index contributed by atoms with van der Waals surface area (Å²) in [5.41, 5.74) is 0.897. The number of nitrogens with zero attached hydrogens (tertiary/aromatic N) is 3. The number of halogens is 1. The quantitative estimate of drug-likeness (QED) is 0.941. The van der Waals surface area contributed by atoms with Crippen molar-refractivity contribution in [2.45, 2.75) is 25.4 Å². The molecule has 0 aliphatic carbocycles. The van der Waals surface area contributed by atoms with Gasteiger partial charge in [0.2, 0.25) is 0 Å². The third kappa shape index (κ3) is 3.59. The highest BCUT2D eigenvalue weighted by Gasteiger charge is 2.20. The molecule has 1 aromatic heterocycles. The summed E-state index contributed by atoms with van der Waals surface area (Å²) in [5.74, 6) is -0.498. The first-order valence-corrected chi connectivity index (χ1v) is 7.90. The molecule has 6 heteroatoms. The minimum atomic E-state index is -0.300. The molecule has 1 aromatic carbocycles. The van der Waals surface area contributed by atoms with Crippen LogP contribution in [-0.4, -0.2) is 40.7 Å². The Morgan fingerprint density at radius 2 is 2.26 bits per heavy atom. The van der Waals surface area contributed by atoms with Gasteiger partial charge in [0.25, 0.3) is 5.91 Å². The first kappa shape index (κ1) is 15.7. The molecular weight excluding hydrogens is 295 g/mol. The maximum atomic E-state index is 13.7. The summed E-state index contributed by atoms with van der Waals surface area (Å²) in [6.07, 6.45) is 4.02. The molecule has 1 saturated heterocycles. The van der Waals surface area contributed by atoms with Crippen LogP contribution in [0.1, 0.15) is 34.9 Å². The van der Waals surface area contributed by atoms with E-state index in [9.17, 15) is 9.18 Å². The molecule has 0 saturated carbocycles. The van der Waals surface area contributed by atoms with E-state index >= 15 is 0 Å². The van der Waals surface area contributed by atoms with Crippen LogP contribution in [0.3, 0.4) is 0 Å². The summed E-state index contributed by atoms with van der Waals surface area (Å²) in [4.78, 5) is 14.0. The van der Waals surface area contributed by atoms with Crippen LogP contribution < -0.4 is 5.32 Å². The van der Waals surface area contributed by atoms with Crippen molar-refractivity contribution in [1.29, 1.82) is 0 Å². The molecule has 122 valence electrons. The van der Waals surface area contributed by atoms with Gasteiger partial charge in [0.15, 0.2) is 0 Å². The minimum absolute atomic E-state index is 0.198. The van der Waals surface area contributed by atoms with Gasteiger partial charge in [0.1, 0.15) is 11.5 Å². The van der Waals surface area contributed by atoms with Crippen LogP contribution in [0.25, 0.3) is 0 Å². The van der Waals surface area contributed by atoms with Crippen LogP contribution in [0.2, 0.25) is 0 Å². The predicted octanol–water partition coefficient (Wildman–Crippen LogP) is 2.22. The van der Waals surface area contributed by atoms with E-state index in [1.54, 1.807) is 31.3 Å².